The molecule has 4 heteroatoms. The Morgan fingerprint density at radius 1 is 1.40 bits per heavy atom. The average Bonchev–Trinajstić information content (AvgIpc) is 3.11. The molecule has 3 nitrogen and oxygen atoms in total. The lowest BCUT2D eigenvalue weighted by Gasteiger charge is -2.21. The normalized spacial score (nSPS) is 15.9. The molecule has 0 heterocycles. The molecular formula is C21H30ClNO2. The van der Waals surface area contributed by atoms with E-state index in [9.17, 15) is 4.79 Å². The van der Waals surface area contributed by atoms with Gasteiger partial charge < -0.3 is 10.5 Å². The van der Waals surface area contributed by atoms with E-state index >= 15 is 0 Å². The SMILES string of the molecule is C=CCCC(CCCC1CCCC1)c1cc(OC)c(C(N)=O)cc1Cl. The smallest absolute Gasteiger partial charge is 0.252 e. The number of benzene rings is 1. The topological polar surface area (TPSA) is 52.3 Å². The van der Waals surface area contributed by atoms with Crippen molar-refractivity contribution in [3.63, 3.8) is 0 Å². The van der Waals surface area contributed by atoms with E-state index < -0.39 is 5.91 Å². The second kappa shape index (κ2) is 9.86. The van der Waals surface area contributed by atoms with E-state index in [0.29, 0.717) is 22.3 Å². The Morgan fingerprint density at radius 3 is 2.72 bits per heavy atom. The predicted octanol–water partition coefficient (Wildman–Crippen LogP) is 5.86. The molecule has 1 atom stereocenters. The van der Waals surface area contributed by atoms with Crippen LogP contribution in [0.2, 0.25) is 5.02 Å². The molecule has 0 aliphatic heterocycles. The average molecular weight is 364 g/mol. The predicted molar refractivity (Wildman–Crippen MR) is 105 cm³/mol. The first-order valence-corrected chi connectivity index (χ1v) is 9.72. The van der Waals surface area contributed by atoms with Gasteiger partial charge in [-0.3, -0.25) is 4.79 Å². The number of primary amides is 1. The van der Waals surface area contributed by atoms with E-state index in [1.54, 1.807) is 13.2 Å². The number of carbonyl (C=O) groups excluding carboxylic acids is 1. The van der Waals surface area contributed by atoms with Crippen LogP contribution in [-0.4, -0.2) is 13.0 Å². The highest BCUT2D eigenvalue weighted by Gasteiger charge is 2.21. The van der Waals surface area contributed by atoms with Crippen LogP contribution in [-0.2, 0) is 0 Å². The van der Waals surface area contributed by atoms with E-state index in [4.69, 9.17) is 22.1 Å². The molecule has 1 aliphatic carbocycles. The first-order chi connectivity index (χ1) is 12.1. The zero-order chi connectivity index (χ0) is 18.2. The largest absolute Gasteiger partial charge is 0.496 e. The van der Waals surface area contributed by atoms with Gasteiger partial charge in [-0.25, -0.2) is 0 Å². The van der Waals surface area contributed by atoms with Gasteiger partial charge in [0.25, 0.3) is 5.91 Å². The summed E-state index contributed by atoms with van der Waals surface area (Å²) in [5, 5.41) is 0.601. The van der Waals surface area contributed by atoms with Gasteiger partial charge in [-0.15, -0.1) is 6.58 Å². The number of halogens is 1. The van der Waals surface area contributed by atoms with Crippen molar-refractivity contribution >= 4 is 17.5 Å². The van der Waals surface area contributed by atoms with E-state index in [1.165, 1.54) is 38.5 Å². The van der Waals surface area contributed by atoms with Crippen molar-refractivity contribution in [2.24, 2.45) is 11.7 Å². The van der Waals surface area contributed by atoms with E-state index in [2.05, 4.69) is 6.58 Å². The molecule has 1 unspecified atom stereocenters. The van der Waals surface area contributed by atoms with Gasteiger partial charge in [0, 0.05) is 5.02 Å². The Bertz CT molecular complexity index is 594. The summed E-state index contributed by atoms with van der Waals surface area (Å²) in [5.41, 5.74) is 6.81. The molecule has 0 spiro atoms. The maximum absolute atomic E-state index is 11.6. The molecule has 2 N–H and O–H groups in total. The van der Waals surface area contributed by atoms with Crippen molar-refractivity contribution in [2.75, 3.05) is 7.11 Å². The lowest BCUT2D eigenvalue weighted by molar-refractivity contribution is 0.0997. The molecule has 138 valence electrons. The summed E-state index contributed by atoms with van der Waals surface area (Å²) in [5.74, 6) is 1.24. The molecule has 1 aliphatic rings. The Kier molecular flexibility index (Phi) is 7.83. The zero-order valence-corrected chi connectivity index (χ0v) is 16.0. The number of carbonyl (C=O) groups is 1. The molecule has 0 aromatic heterocycles. The first-order valence-electron chi connectivity index (χ1n) is 9.35. The fourth-order valence-electron chi connectivity index (χ4n) is 3.97. The summed E-state index contributed by atoms with van der Waals surface area (Å²) in [6.45, 7) is 3.84. The van der Waals surface area contributed by atoms with E-state index in [1.807, 2.05) is 12.1 Å². The molecule has 1 fully saturated rings. The van der Waals surface area contributed by atoms with Gasteiger partial charge in [-0.1, -0.05) is 56.2 Å². The van der Waals surface area contributed by atoms with Crippen LogP contribution in [0.3, 0.4) is 0 Å². The van der Waals surface area contributed by atoms with Crippen LogP contribution in [0.4, 0.5) is 0 Å². The van der Waals surface area contributed by atoms with Gasteiger partial charge in [0.1, 0.15) is 5.75 Å². The van der Waals surface area contributed by atoms with Gasteiger partial charge in [0.2, 0.25) is 0 Å². The number of amides is 1. The van der Waals surface area contributed by atoms with Crippen molar-refractivity contribution in [3.8, 4) is 5.75 Å². The first kappa shape index (κ1) is 19.8. The van der Waals surface area contributed by atoms with Crippen molar-refractivity contribution in [2.45, 2.75) is 63.7 Å². The molecule has 1 aromatic rings. The Hall–Kier alpha value is -1.48. The summed E-state index contributed by atoms with van der Waals surface area (Å²) in [7, 11) is 1.55. The summed E-state index contributed by atoms with van der Waals surface area (Å²) in [6, 6.07) is 3.54. The van der Waals surface area contributed by atoms with Gasteiger partial charge in [-0.05, 0) is 48.8 Å². The number of methoxy groups -OCH3 is 1. The van der Waals surface area contributed by atoms with Crippen LogP contribution in [0.15, 0.2) is 24.8 Å². The Morgan fingerprint density at radius 2 is 2.12 bits per heavy atom. The summed E-state index contributed by atoms with van der Waals surface area (Å²) in [4.78, 5) is 11.6. The van der Waals surface area contributed by atoms with Crippen LogP contribution in [0.25, 0.3) is 0 Å². The molecule has 1 amide bonds. The number of nitrogens with two attached hydrogens (primary N) is 1. The Balaban J connectivity index is 2.14. The second-order valence-electron chi connectivity index (χ2n) is 7.08. The van der Waals surface area contributed by atoms with E-state index in [0.717, 1.165) is 30.7 Å². The van der Waals surface area contributed by atoms with Crippen LogP contribution in [0.1, 0.15) is 79.6 Å². The molecule has 1 saturated carbocycles. The maximum Gasteiger partial charge on any atom is 0.252 e. The third kappa shape index (κ3) is 5.50. The summed E-state index contributed by atoms with van der Waals surface area (Å²) < 4.78 is 5.36. The van der Waals surface area contributed by atoms with Gasteiger partial charge in [-0.2, -0.15) is 0 Å². The molecule has 1 aromatic carbocycles. The van der Waals surface area contributed by atoms with Crippen LogP contribution in [0.5, 0.6) is 5.75 Å². The number of rotatable bonds is 10. The minimum absolute atomic E-state index is 0.338. The molecule has 0 saturated heterocycles. The molecule has 25 heavy (non-hydrogen) atoms. The number of hydrogen-bond acceptors (Lipinski definition) is 2. The van der Waals surface area contributed by atoms with Gasteiger partial charge >= 0.3 is 0 Å². The fourth-order valence-corrected chi connectivity index (χ4v) is 4.29. The standard InChI is InChI=1S/C21H30ClNO2/c1-3-4-11-16(12-7-10-15-8-5-6-9-15)17-14-20(25-2)18(21(23)24)13-19(17)22/h3,13-16H,1,4-12H2,2H3,(H2,23,24). The van der Waals surface area contributed by atoms with Crippen molar-refractivity contribution in [1.29, 1.82) is 0 Å². The van der Waals surface area contributed by atoms with E-state index in [-0.39, 0.29) is 0 Å². The van der Waals surface area contributed by atoms with Gasteiger partial charge in [0.15, 0.2) is 0 Å². The number of ether oxygens (including phenoxy) is 1. The lowest BCUT2D eigenvalue weighted by atomic mass is 9.87. The molecule has 0 bridgehead atoms. The maximum atomic E-state index is 11.6. The quantitative estimate of drug-likeness (QED) is 0.529. The third-order valence-corrected chi connectivity index (χ3v) is 5.71. The highest BCUT2D eigenvalue weighted by molar-refractivity contribution is 6.32. The minimum Gasteiger partial charge on any atom is -0.496 e. The monoisotopic (exact) mass is 363 g/mol. The lowest BCUT2D eigenvalue weighted by Crippen LogP contribution is -2.13. The van der Waals surface area contributed by atoms with Crippen molar-refractivity contribution < 1.29 is 9.53 Å². The van der Waals surface area contributed by atoms with Gasteiger partial charge in [0.05, 0.1) is 12.7 Å². The molecular weight excluding hydrogens is 334 g/mol. The highest BCUT2D eigenvalue weighted by Crippen LogP contribution is 2.38. The minimum atomic E-state index is -0.519. The highest BCUT2D eigenvalue weighted by atomic mass is 35.5. The van der Waals surface area contributed by atoms with Crippen LogP contribution >= 0.6 is 11.6 Å². The van der Waals surface area contributed by atoms with Crippen molar-refractivity contribution in [3.05, 3.63) is 40.9 Å². The summed E-state index contributed by atoms with van der Waals surface area (Å²) in [6.07, 6.45) is 13.1. The molecule has 0 radical (unpaired) electrons. The second-order valence-corrected chi connectivity index (χ2v) is 7.49. The molecule has 2 rings (SSSR count). The van der Waals surface area contributed by atoms with Crippen LogP contribution in [0, 0.1) is 5.92 Å². The number of hydrogen-bond donors (Lipinski definition) is 1. The fraction of sp³-hybridized carbons (Fsp3) is 0.571. The third-order valence-electron chi connectivity index (χ3n) is 5.38. The Labute approximate surface area is 156 Å². The number of allylic oxidation sites excluding steroid dienone is 1. The van der Waals surface area contributed by atoms with Crippen LogP contribution < -0.4 is 10.5 Å². The van der Waals surface area contributed by atoms with Crippen molar-refractivity contribution in [1.82, 2.24) is 0 Å². The summed E-state index contributed by atoms with van der Waals surface area (Å²) >= 11 is 6.49. The zero-order valence-electron chi connectivity index (χ0n) is 15.2.